The van der Waals surface area contributed by atoms with Crippen molar-refractivity contribution in [1.82, 2.24) is 9.97 Å². The fourth-order valence-corrected chi connectivity index (χ4v) is 1.54. The molecule has 1 unspecified atom stereocenters. The third-order valence-corrected chi connectivity index (χ3v) is 2.23. The van der Waals surface area contributed by atoms with Crippen LogP contribution >= 0.6 is 0 Å². The van der Waals surface area contributed by atoms with Gasteiger partial charge in [0.1, 0.15) is 6.33 Å². The van der Waals surface area contributed by atoms with Gasteiger partial charge in [-0.3, -0.25) is 0 Å². The van der Waals surface area contributed by atoms with Crippen molar-refractivity contribution >= 4 is 0 Å². The van der Waals surface area contributed by atoms with E-state index < -0.39 is 0 Å². The Morgan fingerprint density at radius 2 is 2.50 bits per heavy atom. The summed E-state index contributed by atoms with van der Waals surface area (Å²) in [4.78, 5) is 8.13. The van der Waals surface area contributed by atoms with Crippen LogP contribution in [0.5, 0.6) is 0 Å². The van der Waals surface area contributed by atoms with E-state index in [1.165, 1.54) is 0 Å². The summed E-state index contributed by atoms with van der Waals surface area (Å²) in [5.74, 6) is 0. The molecule has 1 aromatic rings. The molecule has 0 spiro atoms. The number of aryl methyl sites for hydroxylation is 1. The first-order valence-electron chi connectivity index (χ1n) is 4.26. The molecule has 1 aromatic heterocycles. The van der Waals surface area contributed by atoms with Crippen LogP contribution in [0.3, 0.4) is 0 Å². The Hall–Kier alpha value is -0.960. The van der Waals surface area contributed by atoms with Crippen molar-refractivity contribution in [2.45, 2.75) is 25.9 Å². The molecule has 12 heavy (non-hydrogen) atoms. The lowest BCUT2D eigenvalue weighted by Gasteiger charge is -2.10. The van der Waals surface area contributed by atoms with E-state index in [1.54, 1.807) is 6.33 Å². The van der Waals surface area contributed by atoms with Crippen molar-refractivity contribution in [1.29, 1.82) is 0 Å². The van der Waals surface area contributed by atoms with Crippen molar-refractivity contribution < 1.29 is 4.74 Å². The van der Waals surface area contributed by atoms with Gasteiger partial charge in [-0.05, 0) is 19.8 Å². The molecule has 1 saturated heterocycles. The second-order valence-electron chi connectivity index (χ2n) is 3.07. The molecule has 1 fully saturated rings. The molecule has 1 aliphatic rings. The molecule has 0 bridgehead atoms. The molecule has 2 heterocycles. The Kier molecular flexibility index (Phi) is 2.04. The number of aromatic nitrogens is 2. The summed E-state index contributed by atoms with van der Waals surface area (Å²) in [6, 6.07) is 0. The van der Waals surface area contributed by atoms with Gasteiger partial charge in [0.15, 0.2) is 0 Å². The summed E-state index contributed by atoms with van der Waals surface area (Å²) in [6.07, 6.45) is 5.94. The molecule has 1 aliphatic heterocycles. The lowest BCUT2D eigenvalue weighted by atomic mass is 10.1. The lowest BCUT2D eigenvalue weighted by molar-refractivity contribution is 0.111. The summed E-state index contributed by atoms with van der Waals surface area (Å²) < 4.78 is 5.54. The average molecular weight is 164 g/mol. The van der Waals surface area contributed by atoms with E-state index in [2.05, 4.69) is 9.97 Å². The Bertz CT molecular complexity index is 269. The Morgan fingerprint density at radius 1 is 1.58 bits per heavy atom. The van der Waals surface area contributed by atoms with Crippen LogP contribution in [0.15, 0.2) is 12.5 Å². The zero-order valence-corrected chi connectivity index (χ0v) is 7.16. The van der Waals surface area contributed by atoms with Gasteiger partial charge < -0.3 is 4.74 Å². The quantitative estimate of drug-likeness (QED) is 0.632. The maximum Gasteiger partial charge on any atom is 0.115 e. The van der Waals surface area contributed by atoms with Crippen molar-refractivity contribution in [2.24, 2.45) is 0 Å². The number of hydrogen-bond donors (Lipinski definition) is 0. The van der Waals surface area contributed by atoms with E-state index in [-0.39, 0.29) is 6.10 Å². The standard InChI is InChI=1S/C9H12N2O/c1-7-8(5-10-6-11-7)9-3-2-4-12-9/h5-6,9H,2-4H2,1H3. The van der Waals surface area contributed by atoms with Gasteiger partial charge in [0.05, 0.1) is 6.10 Å². The molecule has 64 valence electrons. The minimum atomic E-state index is 0.242. The number of rotatable bonds is 1. The SMILES string of the molecule is Cc1ncncc1C1CCCO1. The van der Waals surface area contributed by atoms with E-state index in [0.717, 1.165) is 30.7 Å². The zero-order valence-electron chi connectivity index (χ0n) is 7.16. The van der Waals surface area contributed by atoms with Crippen molar-refractivity contribution in [3.63, 3.8) is 0 Å². The molecule has 1 atom stereocenters. The molecule has 3 nitrogen and oxygen atoms in total. The van der Waals surface area contributed by atoms with Crippen LogP contribution in [-0.4, -0.2) is 16.6 Å². The molecule has 0 N–H and O–H groups in total. The molecule has 0 aromatic carbocycles. The van der Waals surface area contributed by atoms with Crippen LogP contribution in [-0.2, 0) is 4.74 Å². The zero-order chi connectivity index (χ0) is 8.39. The summed E-state index contributed by atoms with van der Waals surface area (Å²) >= 11 is 0. The van der Waals surface area contributed by atoms with E-state index in [1.807, 2.05) is 13.1 Å². The van der Waals surface area contributed by atoms with E-state index in [4.69, 9.17) is 4.74 Å². The first kappa shape index (κ1) is 7.68. The molecule has 0 aliphatic carbocycles. The maximum absolute atomic E-state index is 5.54. The van der Waals surface area contributed by atoms with Gasteiger partial charge in [-0.1, -0.05) is 0 Å². The maximum atomic E-state index is 5.54. The van der Waals surface area contributed by atoms with Gasteiger partial charge in [-0.2, -0.15) is 0 Å². The fraction of sp³-hybridized carbons (Fsp3) is 0.556. The monoisotopic (exact) mass is 164 g/mol. The van der Waals surface area contributed by atoms with E-state index in [0.29, 0.717) is 0 Å². The Morgan fingerprint density at radius 3 is 3.17 bits per heavy atom. The van der Waals surface area contributed by atoms with Crippen LogP contribution in [0.1, 0.15) is 30.2 Å². The predicted octanol–water partition coefficient (Wildman–Crippen LogP) is 1.64. The highest BCUT2D eigenvalue weighted by molar-refractivity contribution is 5.17. The fourth-order valence-electron chi connectivity index (χ4n) is 1.54. The molecule has 3 heteroatoms. The molecular formula is C9H12N2O. The highest BCUT2D eigenvalue weighted by Gasteiger charge is 2.19. The minimum Gasteiger partial charge on any atom is -0.373 e. The third-order valence-electron chi connectivity index (χ3n) is 2.23. The van der Waals surface area contributed by atoms with Crippen LogP contribution in [0.4, 0.5) is 0 Å². The molecule has 0 amide bonds. The van der Waals surface area contributed by atoms with Crippen molar-refractivity contribution in [2.75, 3.05) is 6.61 Å². The van der Waals surface area contributed by atoms with Gasteiger partial charge in [0, 0.05) is 24.1 Å². The van der Waals surface area contributed by atoms with Crippen LogP contribution in [0, 0.1) is 6.92 Å². The first-order chi connectivity index (χ1) is 5.88. The number of nitrogens with zero attached hydrogens (tertiary/aromatic N) is 2. The Labute approximate surface area is 71.8 Å². The van der Waals surface area contributed by atoms with Crippen LogP contribution in [0.25, 0.3) is 0 Å². The van der Waals surface area contributed by atoms with Crippen LogP contribution in [0.2, 0.25) is 0 Å². The van der Waals surface area contributed by atoms with Crippen molar-refractivity contribution in [3.8, 4) is 0 Å². The average Bonchev–Trinajstić information content (AvgIpc) is 2.57. The van der Waals surface area contributed by atoms with Crippen molar-refractivity contribution in [3.05, 3.63) is 23.8 Å². The summed E-state index contributed by atoms with van der Waals surface area (Å²) in [5.41, 5.74) is 2.19. The number of hydrogen-bond acceptors (Lipinski definition) is 3. The van der Waals surface area contributed by atoms with Gasteiger partial charge in [0.2, 0.25) is 0 Å². The van der Waals surface area contributed by atoms with Gasteiger partial charge in [-0.15, -0.1) is 0 Å². The van der Waals surface area contributed by atoms with Crippen LogP contribution < -0.4 is 0 Å². The summed E-state index contributed by atoms with van der Waals surface area (Å²) in [6.45, 7) is 2.87. The third kappa shape index (κ3) is 1.32. The molecule has 0 saturated carbocycles. The normalized spacial score (nSPS) is 22.9. The Balaban J connectivity index is 2.26. The molecular weight excluding hydrogens is 152 g/mol. The topological polar surface area (TPSA) is 35.0 Å². The highest BCUT2D eigenvalue weighted by atomic mass is 16.5. The van der Waals surface area contributed by atoms with E-state index in [9.17, 15) is 0 Å². The predicted molar refractivity (Wildman–Crippen MR) is 44.7 cm³/mol. The lowest BCUT2D eigenvalue weighted by Crippen LogP contribution is -2.00. The second-order valence-corrected chi connectivity index (χ2v) is 3.07. The summed E-state index contributed by atoms with van der Waals surface area (Å²) in [7, 11) is 0. The molecule has 2 rings (SSSR count). The van der Waals surface area contributed by atoms with Gasteiger partial charge in [-0.25, -0.2) is 9.97 Å². The second kappa shape index (κ2) is 3.19. The highest BCUT2D eigenvalue weighted by Crippen LogP contribution is 2.28. The van der Waals surface area contributed by atoms with E-state index >= 15 is 0 Å². The largest absolute Gasteiger partial charge is 0.373 e. The smallest absolute Gasteiger partial charge is 0.115 e. The summed E-state index contributed by atoms with van der Waals surface area (Å²) in [5, 5.41) is 0. The van der Waals surface area contributed by atoms with Gasteiger partial charge >= 0.3 is 0 Å². The number of ether oxygens (including phenoxy) is 1. The molecule has 0 radical (unpaired) electrons. The first-order valence-corrected chi connectivity index (χ1v) is 4.26. The minimum absolute atomic E-state index is 0.242. The van der Waals surface area contributed by atoms with Gasteiger partial charge in [0.25, 0.3) is 0 Å².